The Bertz CT molecular complexity index is 162. The van der Waals surface area contributed by atoms with Gasteiger partial charge in [-0.15, -0.1) is 0 Å². The predicted molar refractivity (Wildman–Crippen MR) is 62.1 cm³/mol. The molecule has 90 valence electrons. The summed E-state index contributed by atoms with van der Waals surface area (Å²) in [5.74, 6) is 0.633. The molecule has 1 aliphatic heterocycles. The largest absolute Gasteiger partial charge is 0.385 e. The highest BCUT2D eigenvalue weighted by Crippen LogP contribution is 2.19. The summed E-state index contributed by atoms with van der Waals surface area (Å²) in [6.07, 6.45) is 3.85. The van der Waals surface area contributed by atoms with Crippen LogP contribution >= 0.6 is 0 Å². The van der Waals surface area contributed by atoms with Crippen molar-refractivity contribution >= 4 is 0 Å². The molecule has 0 bridgehead atoms. The topological polar surface area (TPSA) is 30.5 Å². The van der Waals surface area contributed by atoms with Crippen LogP contribution in [-0.4, -0.2) is 39.0 Å². The first-order chi connectivity index (χ1) is 7.24. The lowest BCUT2D eigenvalue weighted by atomic mass is 9.95. The van der Waals surface area contributed by atoms with Crippen molar-refractivity contribution < 1.29 is 9.47 Å². The summed E-state index contributed by atoms with van der Waals surface area (Å²) in [5, 5.41) is 3.58. The first kappa shape index (κ1) is 12.9. The lowest BCUT2D eigenvalue weighted by Crippen LogP contribution is -2.41. The molecule has 1 fully saturated rings. The van der Waals surface area contributed by atoms with Gasteiger partial charge in [0.1, 0.15) is 0 Å². The molecule has 0 aliphatic carbocycles. The van der Waals surface area contributed by atoms with Crippen LogP contribution < -0.4 is 5.32 Å². The fourth-order valence-electron chi connectivity index (χ4n) is 2.00. The summed E-state index contributed by atoms with van der Waals surface area (Å²) in [6.45, 7) is 7.29. The van der Waals surface area contributed by atoms with E-state index in [9.17, 15) is 0 Å². The van der Waals surface area contributed by atoms with Gasteiger partial charge in [-0.1, -0.05) is 13.8 Å². The maximum absolute atomic E-state index is 5.73. The Kier molecular flexibility index (Phi) is 6.22. The standard InChI is InChI=1S/C12H25NO2/c1-10(2)12-9-11(5-8-15-12)13-6-4-7-14-3/h10-13H,4-9H2,1-3H3. The molecule has 0 amide bonds. The summed E-state index contributed by atoms with van der Waals surface area (Å²) in [4.78, 5) is 0. The molecule has 3 heteroatoms. The maximum atomic E-state index is 5.73. The van der Waals surface area contributed by atoms with Crippen molar-refractivity contribution in [3.63, 3.8) is 0 Å². The van der Waals surface area contributed by atoms with Crippen LogP contribution in [0.1, 0.15) is 33.1 Å². The second-order valence-electron chi connectivity index (χ2n) is 4.68. The summed E-state index contributed by atoms with van der Waals surface area (Å²) in [5.41, 5.74) is 0. The molecule has 1 N–H and O–H groups in total. The van der Waals surface area contributed by atoms with Crippen LogP contribution in [0.25, 0.3) is 0 Å². The van der Waals surface area contributed by atoms with Gasteiger partial charge in [0.05, 0.1) is 6.10 Å². The smallest absolute Gasteiger partial charge is 0.0612 e. The van der Waals surface area contributed by atoms with Crippen LogP contribution in [0, 0.1) is 5.92 Å². The summed E-state index contributed by atoms with van der Waals surface area (Å²) < 4.78 is 10.8. The van der Waals surface area contributed by atoms with Gasteiger partial charge >= 0.3 is 0 Å². The SMILES string of the molecule is COCCCNC1CCOC(C(C)C)C1. The van der Waals surface area contributed by atoms with Crippen molar-refractivity contribution in [3.05, 3.63) is 0 Å². The van der Waals surface area contributed by atoms with Gasteiger partial charge in [0.25, 0.3) is 0 Å². The number of hydrogen-bond acceptors (Lipinski definition) is 3. The van der Waals surface area contributed by atoms with Crippen LogP contribution in [0.4, 0.5) is 0 Å². The molecule has 1 aliphatic rings. The van der Waals surface area contributed by atoms with Crippen molar-refractivity contribution in [1.82, 2.24) is 5.32 Å². The van der Waals surface area contributed by atoms with E-state index in [1.54, 1.807) is 7.11 Å². The van der Waals surface area contributed by atoms with Gasteiger partial charge in [-0.3, -0.25) is 0 Å². The van der Waals surface area contributed by atoms with Crippen molar-refractivity contribution in [2.75, 3.05) is 26.9 Å². The zero-order chi connectivity index (χ0) is 11.1. The maximum Gasteiger partial charge on any atom is 0.0612 e. The zero-order valence-electron chi connectivity index (χ0n) is 10.3. The molecular weight excluding hydrogens is 190 g/mol. The number of nitrogens with one attached hydrogen (secondary N) is 1. The van der Waals surface area contributed by atoms with Crippen LogP contribution in [0.2, 0.25) is 0 Å². The van der Waals surface area contributed by atoms with E-state index in [0.29, 0.717) is 18.1 Å². The van der Waals surface area contributed by atoms with Gasteiger partial charge in [0.2, 0.25) is 0 Å². The Labute approximate surface area is 93.5 Å². The second kappa shape index (κ2) is 7.20. The Balaban J connectivity index is 2.13. The van der Waals surface area contributed by atoms with E-state index in [-0.39, 0.29) is 0 Å². The molecule has 0 saturated carbocycles. The molecular formula is C12H25NO2. The average molecular weight is 215 g/mol. The van der Waals surface area contributed by atoms with Gasteiger partial charge in [0, 0.05) is 26.4 Å². The summed E-state index contributed by atoms with van der Waals surface area (Å²) in [7, 11) is 1.75. The molecule has 0 radical (unpaired) electrons. The number of methoxy groups -OCH3 is 1. The highest BCUT2D eigenvalue weighted by molar-refractivity contribution is 4.78. The van der Waals surface area contributed by atoms with Gasteiger partial charge in [0.15, 0.2) is 0 Å². The quantitative estimate of drug-likeness (QED) is 0.686. The normalized spacial score (nSPS) is 27.2. The minimum absolute atomic E-state index is 0.443. The second-order valence-corrected chi connectivity index (χ2v) is 4.68. The van der Waals surface area contributed by atoms with Gasteiger partial charge in [-0.2, -0.15) is 0 Å². The lowest BCUT2D eigenvalue weighted by Gasteiger charge is -2.32. The Morgan fingerprint density at radius 1 is 1.47 bits per heavy atom. The van der Waals surface area contributed by atoms with E-state index in [1.807, 2.05) is 0 Å². The van der Waals surface area contributed by atoms with Gasteiger partial charge in [-0.25, -0.2) is 0 Å². The molecule has 1 rings (SSSR count). The van der Waals surface area contributed by atoms with Crippen molar-refractivity contribution in [2.45, 2.75) is 45.3 Å². The number of rotatable bonds is 6. The van der Waals surface area contributed by atoms with Crippen LogP contribution in [0.5, 0.6) is 0 Å². The lowest BCUT2D eigenvalue weighted by molar-refractivity contribution is -0.0244. The van der Waals surface area contributed by atoms with E-state index in [1.165, 1.54) is 0 Å². The molecule has 2 atom stereocenters. The van der Waals surface area contributed by atoms with Crippen molar-refractivity contribution in [1.29, 1.82) is 0 Å². The van der Waals surface area contributed by atoms with Crippen LogP contribution in [0.15, 0.2) is 0 Å². The van der Waals surface area contributed by atoms with Gasteiger partial charge < -0.3 is 14.8 Å². The Hall–Kier alpha value is -0.120. The minimum atomic E-state index is 0.443. The van der Waals surface area contributed by atoms with Crippen LogP contribution in [-0.2, 0) is 9.47 Å². The highest BCUT2D eigenvalue weighted by atomic mass is 16.5. The van der Waals surface area contributed by atoms with Crippen molar-refractivity contribution in [3.8, 4) is 0 Å². The molecule has 0 aromatic carbocycles. The first-order valence-electron chi connectivity index (χ1n) is 6.08. The molecule has 0 aromatic rings. The van der Waals surface area contributed by atoms with E-state index in [4.69, 9.17) is 9.47 Å². The third kappa shape index (κ3) is 4.96. The average Bonchev–Trinajstić information content (AvgIpc) is 2.25. The molecule has 0 spiro atoms. The molecule has 0 aromatic heterocycles. The van der Waals surface area contributed by atoms with Crippen molar-refractivity contribution in [2.24, 2.45) is 5.92 Å². The van der Waals surface area contributed by atoms with E-state index < -0.39 is 0 Å². The minimum Gasteiger partial charge on any atom is -0.385 e. The Morgan fingerprint density at radius 3 is 2.93 bits per heavy atom. The third-order valence-electron chi connectivity index (χ3n) is 3.02. The molecule has 15 heavy (non-hydrogen) atoms. The molecule has 2 unspecified atom stereocenters. The summed E-state index contributed by atoms with van der Waals surface area (Å²) in [6, 6.07) is 0.642. The zero-order valence-corrected chi connectivity index (χ0v) is 10.3. The van der Waals surface area contributed by atoms with Gasteiger partial charge in [-0.05, 0) is 31.7 Å². The first-order valence-corrected chi connectivity index (χ1v) is 6.08. The van der Waals surface area contributed by atoms with E-state index >= 15 is 0 Å². The molecule has 1 heterocycles. The third-order valence-corrected chi connectivity index (χ3v) is 3.02. The predicted octanol–water partition coefficient (Wildman–Crippen LogP) is 1.82. The highest BCUT2D eigenvalue weighted by Gasteiger charge is 2.24. The Morgan fingerprint density at radius 2 is 2.27 bits per heavy atom. The number of hydrogen-bond donors (Lipinski definition) is 1. The summed E-state index contributed by atoms with van der Waals surface area (Å²) >= 11 is 0. The van der Waals surface area contributed by atoms with E-state index in [0.717, 1.165) is 39.0 Å². The number of ether oxygens (including phenoxy) is 2. The van der Waals surface area contributed by atoms with E-state index in [2.05, 4.69) is 19.2 Å². The molecule has 3 nitrogen and oxygen atoms in total. The van der Waals surface area contributed by atoms with Crippen LogP contribution in [0.3, 0.4) is 0 Å². The fourth-order valence-corrected chi connectivity index (χ4v) is 2.00. The monoisotopic (exact) mass is 215 g/mol. The molecule has 1 saturated heterocycles. The fraction of sp³-hybridized carbons (Fsp3) is 1.00.